The molecule has 20 heavy (non-hydrogen) atoms. The molecular formula is C15H13N3O2. The number of hydrogen-bond donors (Lipinski definition) is 2. The average Bonchev–Trinajstić information content (AvgIpc) is 2.48. The normalized spacial score (nSPS) is 11.6. The van der Waals surface area contributed by atoms with E-state index in [1.807, 2.05) is 12.1 Å². The predicted molar refractivity (Wildman–Crippen MR) is 72.6 cm³/mol. The number of rotatable bonds is 5. The summed E-state index contributed by atoms with van der Waals surface area (Å²) in [5.41, 5.74) is 1.65. The minimum absolute atomic E-state index is 0.266. The van der Waals surface area contributed by atoms with E-state index in [1.54, 1.807) is 36.4 Å². The maximum Gasteiger partial charge on any atom is 0.325 e. The SMILES string of the molecule is N#Cc1ncccc1CNC(C(=O)O)c1ccccc1. The molecule has 1 unspecified atom stereocenters. The Bertz CT molecular complexity index is 635. The van der Waals surface area contributed by atoms with Crippen LogP contribution in [0.15, 0.2) is 48.7 Å². The number of aliphatic carboxylic acids is 1. The first-order chi connectivity index (χ1) is 9.72. The zero-order chi connectivity index (χ0) is 14.4. The van der Waals surface area contributed by atoms with E-state index in [4.69, 9.17) is 5.26 Å². The number of carboxylic acids is 1. The average molecular weight is 267 g/mol. The first kappa shape index (κ1) is 13.7. The van der Waals surface area contributed by atoms with Crippen LogP contribution in [0.1, 0.15) is 22.9 Å². The molecule has 0 amide bonds. The number of aromatic nitrogens is 1. The molecule has 0 radical (unpaired) electrons. The van der Waals surface area contributed by atoms with Gasteiger partial charge in [0.25, 0.3) is 0 Å². The molecule has 2 rings (SSSR count). The van der Waals surface area contributed by atoms with E-state index < -0.39 is 12.0 Å². The van der Waals surface area contributed by atoms with Crippen molar-refractivity contribution in [3.05, 3.63) is 65.5 Å². The van der Waals surface area contributed by atoms with Crippen LogP contribution in [0.25, 0.3) is 0 Å². The topological polar surface area (TPSA) is 86.0 Å². The lowest BCUT2D eigenvalue weighted by Crippen LogP contribution is -2.28. The van der Waals surface area contributed by atoms with Gasteiger partial charge in [-0.15, -0.1) is 0 Å². The Morgan fingerprint density at radius 1 is 1.30 bits per heavy atom. The molecule has 2 N–H and O–H groups in total. The first-order valence-electron chi connectivity index (χ1n) is 6.07. The van der Waals surface area contributed by atoms with Crippen molar-refractivity contribution >= 4 is 5.97 Å². The van der Waals surface area contributed by atoms with Gasteiger partial charge in [0, 0.05) is 18.3 Å². The van der Waals surface area contributed by atoms with E-state index in [0.717, 1.165) is 0 Å². The van der Waals surface area contributed by atoms with Gasteiger partial charge in [0.1, 0.15) is 17.8 Å². The van der Waals surface area contributed by atoms with Crippen LogP contribution in [0.3, 0.4) is 0 Å². The van der Waals surface area contributed by atoms with Gasteiger partial charge in [-0.3, -0.25) is 10.1 Å². The fourth-order valence-electron chi connectivity index (χ4n) is 1.89. The number of pyridine rings is 1. The highest BCUT2D eigenvalue weighted by Crippen LogP contribution is 2.14. The second kappa shape index (κ2) is 6.45. The van der Waals surface area contributed by atoms with Crippen molar-refractivity contribution in [2.45, 2.75) is 12.6 Å². The molecule has 0 saturated carbocycles. The molecule has 5 nitrogen and oxygen atoms in total. The highest BCUT2D eigenvalue weighted by atomic mass is 16.4. The Balaban J connectivity index is 2.15. The van der Waals surface area contributed by atoms with Crippen LogP contribution in [0, 0.1) is 11.3 Å². The van der Waals surface area contributed by atoms with E-state index >= 15 is 0 Å². The lowest BCUT2D eigenvalue weighted by atomic mass is 10.1. The fraction of sp³-hybridized carbons (Fsp3) is 0.133. The highest BCUT2D eigenvalue weighted by molar-refractivity contribution is 5.75. The highest BCUT2D eigenvalue weighted by Gasteiger charge is 2.19. The van der Waals surface area contributed by atoms with Crippen molar-refractivity contribution in [3.8, 4) is 6.07 Å². The number of benzene rings is 1. The minimum Gasteiger partial charge on any atom is -0.480 e. The summed E-state index contributed by atoms with van der Waals surface area (Å²) in [5, 5.41) is 21.2. The van der Waals surface area contributed by atoms with Gasteiger partial charge in [-0.2, -0.15) is 5.26 Å². The monoisotopic (exact) mass is 267 g/mol. The van der Waals surface area contributed by atoms with Crippen LogP contribution in [0.4, 0.5) is 0 Å². The van der Waals surface area contributed by atoms with E-state index in [9.17, 15) is 9.90 Å². The van der Waals surface area contributed by atoms with Crippen molar-refractivity contribution < 1.29 is 9.90 Å². The molecule has 5 heteroatoms. The van der Waals surface area contributed by atoms with Gasteiger partial charge >= 0.3 is 5.97 Å². The third-order valence-electron chi connectivity index (χ3n) is 2.87. The summed E-state index contributed by atoms with van der Waals surface area (Å²) in [5.74, 6) is -0.960. The fourth-order valence-corrected chi connectivity index (χ4v) is 1.89. The number of nitriles is 1. The lowest BCUT2D eigenvalue weighted by Gasteiger charge is -2.15. The number of hydrogen-bond acceptors (Lipinski definition) is 4. The summed E-state index contributed by atoms with van der Waals surface area (Å²) in [7, 11) is 0. The van der Waals surface area contributed by atoms with Gasteiger partial charge in [0.05, 0.1) is 0 Å². The molecule has 0 aliphatic heterocycles. The molecule has 1 aromatic heterocycles. The van der Waals surface area contributed by atoms with Gasteiger partial charge in [0.15, 0.2) is 0 Å². The molecule has 0 saturated heterocycles. The Labute approximate surface area is 116 Å². The van der Waals surface area contributed by atoms with Crippen LogP contribution < -0.4 is 5.32 Å². The summed E-state index contributed by atoms with van der Waals surface area (Å²) in [6.07, 6.45) is 1.54. The maximum absolute atomic E-state index is 11.3. The third kappa shape index (κ3) is 3.19. The van der Waals surface area contributed by atoms with Crippen LogP contribution >= 0.6 is 0 Å². The molecule has 100 valence electrons. The van der Waals surface area contributed by atoms with E-state index in [2.05, 4.69) is 10.3 Å². The molecule has 1 aromatic carbocycles. The molecule has 0 spiro atoms. The molecule has 1 atom stereocenters. The van der Waals surface area contributed by atoms with E-state index in [1.165, 1.54) is 6.20 Å². The van der Waals surface area contributed by atoms with Gasteiger partial charge in [-0.05, 0) is 11.6 Å². The van der Waals surface area contributed by atoms with E-state index in [-0.39, 0.29) is 6.54 Å². The Morgan fingerprint density at radius 2 is 2.05 bits per heavy atom. The second-order valence-corrected chi connectivity index (χ2v) is 4.19. The van der Waals surface area contributed by atoms with Crippen LogP contribution in [0.5, 0.6) is 0 Å². The zero-order valence-electron chi connectivity index (χ0n) is 10.7. The molecule has 1 heterocycles. The van der Waals surface area contributed by atoms with Gasteiger partial charge in [-0.25, -0.2) is 4.98 Å². The summed E-state index contributed by atoms with van der Waals surface area (Å²) in [6, 6.07) is 13.6. The van der Waals surface area contributed by atoms with Crippen LogP contribution in [-0.4, -0.2) is 16.1 Å². The van der Waals surface area contributed by atoms with Crippen molar-refractivity contribution in [1.29, 1.82) is 5.26 Å². The number of carboxylic acid groups (broad SMARTS) is 1. The van der Waals surface area contributed by atoms with E-state index in [0.29, 0.717) is 16.8 Å². The summed E-state index contributed by atoms with van der Waals surface area (Å²) < 4.78 is 0. The Kier molecular flexibility index (Phi) is 4.43. The lowest BCUT2D eigenvalue weighted by molar-refractivity contribution is -0.139. The summed E-state index contributed by atoms with van der Waals surface area (Å²) in [4.78, 5) is 15.3. The smallest absolute Gasteiger partial charge is 0.325 e. The van der Waals surface area contributed by atoms with Gasteiger partial charge in [-0.1, -0.05) is 36.4 Å². The molecule has 0 bridgehead atoms. The number of nitrogens with zero attached hydrogens (tertiary/aromatic N) is 2. The van der Waals surface area contributed by atoms with Crippen LogP contribution in [-0.2, 0) is 11.3 Å². The van der Waals surface area contributed by atoms with Gasteiger partial charge < -0.3 is 5.11 Å². The third-order valence-corrected chi connectivity index (χ3v) is 2.87. The summed E-state index contributed by atoms with van der Waals surface area (Å²) in [6.45, 7) is 0.266. The molecule has 0 aliphatic rings. The number of nitrogens with one attached hydrogen (secondary N) is 1. The van der Waals surface area contributed by atoms with Crippen molar-refractivity contribution in [3.63, 3.8) is 0 Å². The zero-order valence-corrected chi connectivity index (χ0v) is 10.7. The van der Waals surface area contributed by atoms with Gasteiger partial charge in [0.2, 0.25) is 0 Å². The molecule has 0 fully saturated rings. The summed E-state index contributed by atoms with van der Waals surface area (Å²) >= 11 is 0. The maximum atomic E-state index is 11.3. The molecule has 2 aromatic rings. The predicted octanol–water partition coefficient (Wildman–Crippen LogP) is 1.87. The Hall–Kier alpha value is -2.71. The van der Waals surface area contributed by atoms with Crippen molar-refractivity contribution in [2.75, 3.05) is 0 Å². The standard InChI is InChI=1S/C15H13N3O2/c16-9-13-12(7-4-8-17-13)10-18-14(15(19)20)11-5-2-1-3-6-11/h1-8,14,18H,10H2,(H,19,20). The number of carbonyl (C=O) groups is 1. The first-order valence-corrected chi connectivity index (χ1v) is 6.07. The Morgan fingerprint density at radius 3 is 2.70 bits per heavy atom. The van der Waals surface area contributed by atoms with Crippen molar-refractivity contribution in [1.82, 2.24) is 10.3 Å². The second-order valence-electron chi connectivity index (χ2n) is 4.19. The molecule has 0 aliphatic carbocycles. The quantitative estimate of drug-likeness (QED) is 0.863. The largest absolute Gasteiger partial charge is 0.480 e. The molecular weight excluding hydrogens is 254 g/mol. The minimum atomic E-state index is -0.960. The van der Waals surface area contributed by atoms with Crippen molar-refractivity contribution in [2.24, 2.45) is 0 Å². The van der Waals surface area contributed by atoms with Crippen LogP contribution in [0.2, 0.25) is 0 Å².